The van der Waals surface area contributed by atoms with Crippen molar-refractivity contribution in [3.8, 4) is 33.4 Å². The lowest BCUT2D eigenvalue weighted by atomic mass is 9.67. The molecule has 0 aromatic heterocycles. The molecule has 0 bridgehead atoms. The van der Waals surface area contributed by atoms with E-state index in [2.05, 4.69) is 301 Å². The molecule has 0 saturated heterocycles. The fourth-order valence-electron chi connectivity index (χ4n) is 12.4. The highest BCUT2D eigenvalue weighted by Gasteiger charge is 2.46. The summed E-state index contributed by atoms with van der Waals surface area (Å²) in [5, 5.41) is 2.48. The summed E-state index contributed by atoms with van der Waals surface area (Å²) in [7, 11) is 0. The standard InChI is InChI=1S/C73H52N2/c1-4-25-59(26-5-1)73(60-27-6-2-7-28-60)69-33-17-16-32-67(69)68-45-43-64(50-70(68)73)74(62-40-38-52(39-41-62)54-37-36-51-20-10-11-21-53(51)46-54)63-42-44-66-58(49-63)48-57-24-14-19-35-72(57)75(61-29-8-3-9-30-61)71-34-18-13-23-56(71)47-55-22-12-15-31-65(55)66/h1-46,49-50H,47-48H2. The van der Waals surface area contributed by atoms with Crippen LogP contribution in [0.5, 0.6) is 0 Å². The maximum Gasteiger partial charge on any atom is 0.0714 e. The number of anilines is 6. The Morgan fingerprint density at radius 2 is 0.773 bits per heavy atom. The normalized spacial score (nSPS) is 13.0. The molecule has 1 aliphatic carbocycles. The second-order valence-electron chi connectivity index (χ2n) is 20.0. The monoisotopic (exact) mass is 956 g/mol. The minimum absolute atomic E-state index is 0.549. The largest absolute Gasteiger partial charge is 0.310 e. The minimum Gasteiger partial charge on any atom is -0.310 e. The van der Waals surface area contributed by atoms with Crippen molar-refractivity contribution in [2.45, 2.75) is 18.3 Å². The molecule has 0 fully saturated rings. The second-order valence-corrected chi connectivity index (χ2v) is 20.0. The van der Waals surface area contributed by atoms with Gasteiger partial charge in [-0.3, -0.25) is 0 Å². The van der Waals surface area contributed by atoms with Gasteiger partial charge in [-0.15, -0.1) is 0 Å². The van der Waals surface area contributed by atoms with Crippen LogP contribution in [0.3, 0.4) is 0 Å². The highest BCUT2D eigenvalue weighted by atomic mass is 15.2. The summed E-state index contributed by atoms with van der Waals surface area (Å²) in [6.07, 6.45) is 1.51. The van der Waals surface area contributed by atoms with Gasteiger partial charge in [0.15, 0.2) is 0 Å². The first-order valence-electron chi connectivity index (χ1n) is 26.2. The number of rotatable bonds is 7. The average molecular weight is 957 g/mol. The molecule has 2 aliphatic rings. The van der Waals surface area contributed by atoms with Gasteiger partial charge in [0.05, 0.1) is 5.41 Å². The predicted molar refractivity (Wildman–Crippen MR) is 314 cm³/mol. The Morgan fingerprint density at radius 3 is 1.47 bits per heavy atom. The van der Waals surface area contributed by atoms with E-state index in [1.165, 1.54) is 100 Å². The summed E-state index contributed by atoms with van der Waals surface area (Å²) < 4.78 is 0. The van der Waals surface area contributed by atoms with Gasteiger partial charge >= 0.3 is 0 Å². The lowest BCUT2D eigenvalue weighted by Gasteiger charge is -2.35. The molecule has 1 heterocycles. The van der Waals surface area contributed by atoms with Crippen molar-refractivity contribution in [1.82, 2.24) is 0 Å². The van der Waals surface area contributed by atoms with E-state index >= 15 is 0 Å². The van der Waals surface area contributed by atoms with Crippen LogP contribution in [-0.4, -0.2) is 0 Å². The summed E-state index contributed by atoms with van der Waals surface area (Å²) in [5.41, 5.74) is 23.8. The van der Waals surface area contributed by atoms with Gasteiger partial charge in [0.1, 0.15) is 0 Å². The number of benzene rings is 12. The SMILES string of the molecule is c1ccc(N2c3ccccc3Cc3ccccc3-c3ccc(N(c4ccc(-c5ccc6ccccc6c5)cc4)c4ccc5c(c4)C(c4ccccc4)(c4ccccc4)c4ccccc4-5)cc3Cc3ccccc32)cc1. The molecule has 0 radical (unpaired) electrons. The van der Waals surface area contributed by atoms with Crippen molar-refractivity contribution < 1.29 is 0 Å². The first-order chi connectivity index (χ1) is 37.2. The summed E-state index contributed by atoms with van der Waals surface area (Å²) >= 11 is 0. The first kappa shape index (κ1) is 44.2. The van der Waals surface area contributed by atoms with Crippen LogP contribution in [0.2, 0.25) is 0 Å². The number of hydrogen-bond acceptors (Lipinski definition) is 2. The summed E-state index contributed by atoms with van der Waals surface area (Å²) in [6, 6.07) is 108. The van der Waals surface area contributed by atoms with Crippen LogP contribution in [0.25, 0.3) is 44.2 Å². The maximum absolute atomic E-state index is 2.49. The van der Waals surface area contributed by atoms with Crippen LogP contribution in [-0.2, 0) is 18.3 Å². The quantitative estimate of drug-likeness (QED) is 0.157. The smallest absolute Gasteiger partial charge is 0.0714 e. The van der Waals surface area contributed by atoms with Gasteiger partial charge in [-0.1, -0.05) is 224 Å². The Morgan fingerprint density at radius 1 is 0.293 bits per heavy atom. The maximum atomic E-state index is 2.49. The topological polar surface area (TPSA) is 6.48 Å². The van der Waals surface area contributed by atoms with E-state index in [1.807, 2.05) is 0 Å². The summed E-state index contributed by atoms with van der Waals surface area (Å²) in [6.45, 7) is 0. The highest BCUT2D eigenvalue weighted by Crippen LogP contribution is 2.57. The predicted octanol–water partition coefficient (Wildman–Crippen LogP) is 19.0. The van der Waals surface area contributed by atoms with Crippen LogP contribution in [0.4, 0.5) is 34.1 Å². The second kappa shape index (κ2) is 18.5. The lowest BCUT2D eigenvalue weighted by molar-refractivity contribution is 0.768. The molecule has 12 aromatic carbocycles. The van der Waals surface area contributed by atoms with Crippen LogP contribution >= 0.6 is 0 Å². The molecule has 0 unspecified atom stereocenters. The van der Waals surface area contributed by atoms with E-state index in [0.717, 1.165) is 35.6 Å². The van der Waals surface area contributed by atoms with Crippen LogP contribution in [0.15, 0.2) is 291 Å². The van der Waals surface area contributed by atoms with E-state index in [1.54, 1.807) is 0 Å². The zero-order valence-electron chi connectivity index (χ0n) is 41.5. The molecule has 75 heavy (non-hydrogen) atoms. The third-order valence-electron chi connectivity index (χ3n) is 15.8. The van der Waals surface area contributed by atoms with Crippen LogP contribution in [0.1, 0.15) is 44.5 Å². The molecule has 12 aromatic rings. The molecule has 0 amide bonds. The third kappa shape index (κ3) is 7.56. The first-order valence-corrected chi connectivity index (χ1v) is 26.2. The van der Waals surface area contributed by atoms with Gasteiger partial charge in [-0.2, -0.15) is 0 Å². The molecular weight excluding hydrogens is 905 g/mol. The van der Waals surface area contributed by atoms with Gasteiger partial charge in [-0.25, -0.2) is 0 Å². The van der Waals surface area contributed by atoms with Gasteiger partial charge in [-0.05, 0) is 155 Å². The Balaban J connectivity index is 0.994. The molecule has 354 valence electrons. The molecule has 2 nitrogen and oxygen atoms in total. The Hall–Kier alpha value is -9.50. The van der Waals surface area contributed by atoms with Gasteiger partial charge < -0.3 is 9.80 Å². The fourth-order valence-corrected chi connectivity index (χ4v) is 12.4. The van der Waals surface area contributed by atoms with Crippen LogP contribution in [0, 0.1) is 0 Å². The van der Waals surface area contributed by atoms with E-state index < -0.39 is 5.41 Å². The van der Waals surface area contributed by atoms with Crippen molar-refractivity contribution in [3.05, 3.63) is 336 Å². The number of hydrogen-bond donors (Lipinski definition) is 0. The number of fused-ring (bicyclic) bond motifs is 9. The molecule has 0 saturated carbocycles. The Bertz CT molecular complexity index is 4030. The molecule has 2 heteroatoms. The zero-order valence-corrected chi connectivity index (χ0v) is 41.5. The van der Waals surface area contributed by atoms with Gasteiger partial charge in [0, 0.05) is 47.0 Å². The summed E-state index contributed by atoms with van der Waals surface area (Å²) in [5.74, 6) is 0. The number of nitrogens with zero attached hydrogens (tertiary/aromatic N) is 2. The van der Waals surface area contributed by atoms with Crippen molar-refractivity contribution >= 4 is 44.9 Å². The van der Waals surface area contributed by atoms with Crippen molar-refractivity contribution in [2.75, 3.05) is 9.80 Å². The van der Waals surface area contributed by atoms with Gasteiger partial charge in [0.25, 0.3) is 0 Å². The fraction of sp³-hybridized carbons (Fsp3) is 0.0411. The molecule has 0 spiro atoms. The molecule has 0 atom stereocenters. The average Bonchev–Trinajstić information content (AvgIpc) is 3.83. The van der Waals surface area contributed by atoms with E-state index in [9.17, 15) is 0 Å². The molecule has 0 N–H and O–H groups in total. The number of para-hydroxylation sites is 3. The molecular formula is C73H52N2. The van der Waals surface area contributed by atoms with Gasteiger partial charge in [0.2, 0.25) is 0 Å². The Kier molecular flexibility index (Phi) is 10.9. The van der Waals surface area contributed by atoms with Crippen molar-refractivity contribution in [3.63, 3.8) is 0 Å². The molecule has 14 rings (SSSR count). The lowest BCUT2D eigenvalue weighted by Crippen LogP contribution is -2.28. The van der Waals surface area contributed by atoms with E-state index in [0.29, 0.717) is 0 Å². The zero-order chi connectivity index (χ0) is 49.7. The minimum atomic E-state index is -0.549. The third-order valence-corrected chi connectivity index (χ3v) is 15.8. The van der Waals surface area contributed by atoms with Crippen LogP contribution < -0.4 is 9.80 Å². The Labute approximate surface area is 439 Å². The summed E-state index contributed by atoms with van der Waals surface area (Å²) in [4.78, 5) is 4.96. The van der Waals surface area contributed by atoms with Crippen molar-refractivity contribution in [1.29, 1.82) is 0 Å². The van der Waals surface area contributed by atoms with Crippen molar-refractivity contribution in [2.24, 2.45) is 0 Å². The molecule has 1 aliphatic heterocycles. The highest BCUT2D eigenvalue weighted by molar-refractivity contribution is 5.92. The van der Waals surface area contributed by atoms with E-state index in [4.69, 9.17) is 0 Å². The van der Waals surface area contributed by atoms with E-state index in [-0.39, 0.29) is 0 Å².